The Morgan fingerprint density at radius 1 is 1.15 bits per heavy atom. The van der Waals surface area contributed by atoms with Crippen molar-refractivity contribution in [3.05, 3.63) is 76.9 Å². The van der Waals surface area contributed by atoms with E-state index in [4.69, 9.17) is 4.74 Å². The van der Waals surface area contributed by atoms with E-state index in [0.717, 1.165) is 11.3 Å². The minimum absolute atomic E-state index is 0.209. The number of carbonyl (C=O) groups excluding carboxylic acids is 1. The van der Waals surface area contributed by atoms with Crippen LogP contribution in [-0.4, -0.2) is 22.8 Å². The third-order valence-electron chi connectivity index (χ3n) is 4.22. The van der Waals surface area contributed by atoms with Crippen molar-refractivity contribution in [2.45, 2.75) is 20.4 Å². The number of ether oxygens (including phenoxy) is 1. The third-order valence-corrected chi connectivity index (χ3v) is 4.22. The van der Waals surface area contributed by atoms with Gasteiger partial charge in [-0.2, -0.15) is 5.10 Å². The molecule has 0 aliphatic heterocycles. The summed E-state index contributed by atoms with van der Waals surface area (Å²) in [5.41, 5.74) is 3.43. The van der Waals surface area contributed by atoms with Crippen LogP contribution in [0.4, 0.5) is 4.39 Å². The molecule has 0 bridgehead atoms. The van der Waals surface area contributed by atoms with E-state index in [0.29, 0.717) is 29.2 Å². The lowest BCUT2D eigenvalue weighted by molar-refractivity contribution is 0.0949. The summed E-state index contributed by atoms with van der Waals surface area (Å²) >= 11 is 0. The Morgan fingerprint density at radius 3 is 2.54 bits per heavy atom. The molecule has 1 aromatic heterocycles. The summed E-state index contributed by atoms with van der Waals surface area (Å²) < 4.78 is 20.1. The number of methoxy groups -OCH3 is 1. The zero-order chi connectivity index (χ0) is 18.7. The summed E-state index contributed by atoms with van der Waals surface area (Å²) in [6.45, 7) is 3.95. The van der Waals surface area contributed by atoms with Crippen LogP contribution in [0.15, 0.2) is 48.5 Å². The van der Waals surface area contributed by atoms with E-state index in [-0.39, 0.29) is 11.7 Å². The summed E-state index contributed by atoms with van der Waals surface area (Å²) in [6.07, 6.45) is 0. The first-order valence-corrected chi connectivity index (χ1v) is 8.23. The summed E-state index contributed by atoms with van der Waals surface area (Å²) in [5, 5.41) is 7.34. The van der Waals surface area contributed by atoms with E-state index >= 15 is 0 Å². The SMILES string of the molecule is COc1ccccc1CNC(=O)c1c(C)nn(-c2ccc(F)cc2)c1C. The molecule has 0 radical (unpaired) electrons. The molecule has 1 N–H and O–H groups in total. The lowest BCUT2D eigenvalue weighted by atomic mass is 10.1. The number of hydrogen-bond donors (Lipinski definition) is 1. The predicted octanol–water partition coefficient (Wildman–Crippen LogP) is 3.57. The molecular weight excluding hydrogens is 333 g/mol. The number of rotatable bonds is 5. The van der Waals surface area contributed by atoms with Crippen molar-refractivity contribution in [3.8, 4) is 11.4 Å². The van der Waals surface area contributed by atoms with Crippen LogP contribution in [0.2, 0.25) is 0 Å². The van der Waals surface area contributed by atoms with Gasteiger partial charge in [0.1, 0.15) is 11.6 Å². The first-order valence-electron chi connectivity index (χ1n) is 8.23. The minimum Gasteiger partial charge on any atom is -0.496 e. The maximum Gasteiger partial charge on any atom is 0.255 e. The molecule has 1 heterocycles. The van der Waals surface area contributed by atoms with Crippen LogP contribution in [0.5, 0.6) is 5.75 Å². The molecule has 0 spiro atoms. The molecule has 26 heavy (non-hydrogen) atoms. The number of amides is 1. The Kier molecular flexibility index (Phi) is 5.02. The normalized spacial score (nSPS) is 10.6. The molecule has 0 aliphatic rings. The number of aromatic nitrogens is 2. The van der Waals surface area contributed by atoms with Gasteiger partial charge in [-0.25, -0.2) is 9.07 Å². The van der Waals surface area contributed by atoms with E-state index in [9.17, 15) is 9.18 Å². The Bertz CT molecular complexity index is 933. The average molecular weight is 353 g/mol. The van der Waals surface area contributed by atoms with Crippen molar-refractivity contribution in [1.82, 2.24) is 15.1 Å². The second-order valence-electron chi connectivity index (χ2n) is 5.93. The fraction of sp³-hybridized carbons (Fsp3) is 0.200. The number of hydrogen-bond acceptors (Lipinski definition) is 3. The highest BCUT2D eigenvalue weighted by Crippen LogP contribution is 2.20. The van der Waals surface area contributed by atoms with Crippen molar-refractivity contribution in [2.75, 3.05) is 7.11 Å². The Balaban J connectivity index is 1.83. The molecule has 3 rings (SSSR count). The number of nitrogens with zero attached hydrogens (tertiary/aromatic N) is 2. The number of carbonyl (C=O) groups is 1. The first kappa shape index (κ1) is 17.7. The molecule has 6 heteroatoms. The van der Waals surface area contributed by atoms with Crippen LogP contribution in [0.3, 0.4) is 0 Å². The van der Waals surface area contributed by atoms with Crippen LogP contribution in [0.1, 0.15) is 27.3 Å². The monoisotopic (exact) mass is 353 g/mol. The largest absolute Gasteiger partial charge is 0.496 e. The molecule has 134 valence electrons. The van der Waals surface area contributed by atoms with Gasteiger partial charge < -0.3 is 10.1 Å². The van der Waals surface area contributed by atoms with E-state index < -0.39 is 0 Å². The van der Waals surface area contributed by atoms with Crippen LogP contribution in [0, 0.1) is 19.7 Å². The second-order valence-corrected chi connectivity index (χ2v) is 5.93. The maximum atomic E-state index is 13.1. The molecule has 5 nitrogen and oxygen atoms in total. The fourth-order valence-electron chi connectivity index (χ4n) is 2.92. The fourth-order valence-corrected chi connectivity index (χ4v) is 2.92. The Morgan fingerprint density at radius 2 is 1.85 bits per heavy atom. The summed E-state index contributed by atoms with van der Waals surface area (Å²) in [4.78, 5) is 12.7. The van der Waals surface area contributed by atoms with Crippen molar-refractivity contribution < 1.29 is 13.9 Å². The van der Waals surface area contributed by atoms with Gasteiger partial charge in [0.05, 0.1) is 29.7 Å². The van der Waals surface area contributed by atoms with Gasteiger partial charge in [-0.3, -0.25) is 4.79 Å². The highest BCUT2D eigenvalue weighted by atomic mass is 19.1. The van der Waals surface area contributed by atoms with Gasteiger partial charge in [0.2, 0.25) is 0 Å². The van der Waals surface area contributed by atoms with Crippen molar-refractivity contribution in [2.24, 2.45) is 0 Å². The molecule has 2 aromatic carbocycles. The van der Waals surface area contributed by atoms with Gasteiger partial charge in [-0.1, -0.05) is 18.2 Å². The molecule has 0 unspecified atom stereocenters. The van der Waals surface area contributed by atoms with Crippen molar-refractivity contribution >= 4 is 5.91 Å². The van der Waals surface area contributed by atoms with Crippen molar-refractivity contribution in [3.63, 3.8) is 0 Å². The number of benzene rings is 2. The average Bonchev–Trinajstić information content (AvgIpc) is 2.95. The highest BCUT2D eigenvalue weighted by Gasteiger charge is 2.19. The van der Waals surface area contributed by atoms with Gasteiger partial charge in [-0.15, -0.1) is 0 Å². The van der Waals surface area contributed by atoms with Crippen LogP contribution in [0.25, 0.3) is 5.69 Å². The first-order chi connectivity index (χ1) is 12.5. The van der Waals surface area contributed by atoms with Gasteiger partial charge in [0.15, 0.2) is 0 Å². The molecule has 0 fully saturated rings. The van der Waals surface area contributed by atoms with E-state index in [1.807, 2.05) is 31.2 Å². The van der Waals surface area contributed by atoms with Gasteiger partial charge in [0.25, 0.3) is 5.91 Å². The predicted molar refractivity (Wildman–Crippen MR) is 97.2 cm³/mol. The highest BCUT2D eigenvalue weighted by molar-refractivity contribution is 5.96. The summed E-state index contributed by atoms with van der Waals surface area (Å²) in [7, 11) is 1.60. The smallest absolute Gasteiger partial charge is 0.255 e. The standard InChI is InChI=1S/C20H20FN3O2/c1-13-19(14(2)24(23-13)17-10-8-16(21)9-11-17)20(25)22-12-15-6-4-5-7-18(15)26-3/h4-11H,12H2,1-3H3,(H,22,25). The van der Waals surface area contributed by atoms with Gasteiger partial charge in [-0.05, 0) is 44.2 Å². The Hall–Kier alpha value is -3.15. The lowest BCUT2D eigenvalue weighted by Gasteiger charge is -2.10. The number of nitrogens with one attached hydrogen (secondary N) is 1. The molecule has 3 aromatic rings. The van der Waals surface area contributed by atoms with E-state index in [1.165, 1.54) is 12.1 Å². The molecule has 0 saturated heterocycles. The zero-order valence-corrected chi connectivity index (χ0v) is 14.9. The summed E-state index contributed by atoms with van der Waals surface area (Å²) in [5.74, 6) is 0.201. The zero-order valence-electron chi connectivity index (χ0n) is 14.9. The van der Waals surface area contributed by atoms with E-state index in [1.54, 1.807) is 30.8 Å². The number of halogens is 1. The van der Waals surface area contributed by atoms with Crippen molar-refractivity contribution in [1.29, 1.82) is 0 Å². The Labute approximate surface area is 151 Å². The van der Waals surface area contributed by atoms with Crippen LogP contribution in [-0.2, 0) is 6.54 Å². The molecule has 0 atom stereocenters. The minimum atomic E-state index is -0.315. The quantitative estimate of drug-likeness (QED) is 0.763. The van der Waals surface area contributed by atoms with Crippen LogP contribution >= 0.6 is 0 Å². The molecule has 0 saturated carbocycles. The van der Waals surface area contributed by atoms with E-state index in [2.05, 4.69) is 10.4 Å². The molecule has 1 amide bonds. The number of para-hydroxylation sites is 1. The topological polar surface area (TPSA) is 56.1 Å². The number of aryl methyl sites for hydroxylation is 1. The second kappa shape index (κ2) is 7.39. The van der Waals surface area contributed by atoms with Gasteiger partial charge >= 0.3 is 0 Å². The maximum absolute atomic E-state index is 13.1. The lowest BCUT2D eigenvalue weighted by Crippen LogP contribution is -2.24. The molecular formula is C20H20FN3O2. The van der Waals surface area contributed by atoms with Crippen LogP contribution < -0.4 is 10.1 Å². The molecule has 0 aliphatic carbocycles. The third kappa shape index (κ3) is 3.44. The summed E-state index contributed by atoms with van der Waals surface area (Å²) in [6, 6.07) is 13.5. The van der Waals surface area contributed by atoms with Gasteiger partial charge in [0, 0.05) is 12.1 Å².